The predicted molar refractivity (Wildman–Crippen MR) is 48.1 cm³/mol. The van der Waals surface area contributed by atoms with Crippen LogP contribution in [0.15, 0.2) is 0 Å². The molecule has 0 aromatic carbocycles. The van der Waals surface area contributed by atoms with Crippen LogP contribution in [0, 0.1) is 17.1 Å². The van der Waals surface area contributed by atoms with Crippen LogP contribution in [-0.4, -0.2) is 21.5 Å². The minimum Gasteiger partial charge on any atom is -0.316 e. The number of halogens is 1. The van der Waals surface area contributed by atoms with Crippen LogP contribution in [0.25, 0.3) is 0 Å². The Balaban J connectivity index is 2.36. The molecular formula is C7H10ClNO2S. The molecule has 1 heterocycles. The summed E-state index contributed by atoms with van der Waals surface area (Å²) in [4.78, 5) is 0. The second-order valence-corrected chi connectivity index (χ2v) is 5.08. The molecule has 12 heavy (non-hydrogen) atoms. The fourth-order valence-electron chi connectivity index (χ4n) is 1.16. The van der Waals surface area contributed by atoms with Crippen LogP contribution in [0.4, 0.5) is 0 Å². The lowest BCUT2D eigenvalue weighted by molar-refractivity contribution is 0.602. The number of rotatable bonds is 1. The molecule has 5 heteroatoms. The summed E-state index contributed by atoms with van der Waals surface area (Å²) in [6.45, 7) is 1.93. The molecule has 1 rings (SSSR count). The smallest absolute Gasteiger partial charge is 0.300 e. The van der Waals surface area contributed by atoms with Gasteiger partial charge in [-0.25, -0.2) is 0 Å². The Labute approximate surface area is 76.9 Å². The summed E-state index contributed by atoms with van der Waals surface area (Å²) in [6.07, 6.45) is 1.68. The third-order valence-electron chi connectivity index (χ3n) is 1.75. The highest BCUT2D eigenvalue weighted by molar-refractivity contribution is 8.17. The van der Waals surface area contributed by atoms with Crippen molar-refractivity contribution in [3.63, 3.8) is 0 Å². The fourth-order valence-corrected chi connectivity index (χ4v) is 1.58. The Morgan fingerprint density at radius 3 is 2.83 bits per heavy atom. The molecule has 0 bridgehead atoms. The second-order valence-electron chi connectivity index (χ2n) is 2.78. The standard InChI is InChI=1S/C7H10ClNO2S/c8-12(10,11)5-1-2-7-3-4-9-6-7/h7,9H,2-4,6H2. The van der Waals surface area contributed by atoms with E-state index in [4.69, 9.17) is 10.7 Å². The highest BCUT2D eigenvalue weighted by Gasteiger charge is 2.12. The molecular weight excluding hydrogens is 198 g/mol. The Morgan fingerprint density at radius 2 is 2.33 bits per heavy atom. The van der Waals surface area contributed by atoms with Gasteiger partial charge >= 0.3 is 9.05 Å². The molecule has 0 saturated carbocycles. The third-order valence-corrected chi connectivity index (χ3v) is 2.37. The average molecular weight is 208 g/mol. The lowest BCUT2D eigenvalue weighted by Gasteiger charge is -1.98. The van der Waals surface area contributed by atoms with Gasteiger partial charge in [0.2, 0.25) is 0 Å². The summed E-state index contributed by atoms with van der Waals surface area (Å²) < 4.78 is 20.8. The van der Waals surface area contributed by atoms with Crippen LogP contribution < -0.4 is 5.32 Å². The fraction of sp³-hybridized carbons (Fsp3) is 0.714. The molecule has 0 spiro atoms. The molecule has 0 amide bonds. The SMILES string of the molecule is O=S(=O)(Cl)C#CCC1CCNC1. The summed E-state index contributed by atoms with van der Waals surface area (Å²) in [5.41, 5.74) is 0. The third kappa shape index (κ3) is 3.96. The van der Waals surface area contributed by atoms with E-state index < -0.39 is 9.05 Å². The van der Waals surface area contributed by atoms with Crippen molar-refractivity contribution >= 4 is 19.7 Å². The van der Waals surface area contributed by atoms with Crippen LogP contribution in [-0.2, 0) is 9.05 Å². The molecule has 1 fully saturated rings. The van der Waals surface area contributed by atoms with Gasteiger partial charge in [-0.05, 0) is 25.4 Å². The summed E-state index contributed by atoms with van der Waals surface area (Å²) in [7, 11) is 1.28. The molecule has 3 nitrogen and oxygen atoms in total. The van der Waals surface area contributed by atoms with E-state index in [9.17, 15) is 8.42 Å². The van der Waals surface area contributed by atoms with E-state index in [0.717, 1.165) is 19.5 Å². The molecule has 1 aliphatic heterocycles. The van der Waals surface area contributed by atoms with Gasteiger partial charge in [-0.3, -0.25) is 0 Å². The topological polar surface area (TPSA) is 46.2 Å². The highest BCUT2D eigenvalue weighted by atomic mass is 35.7. The van der Waals surface area contributed by atoms with Gasteiger partial charge in [-0.1, -0.05) is 5.92 Å². The molecule has 0 aromatic heterocycles. The van der Waals surface area contributed by atoms with E-state index in [-0.39, 0.29) is 0 Å². The normalized spacial score (nSPS) is 23.2. The van der Waals surface area contributed by atoms with E-state index in [1.54, 1.807) is 0 Å². The minimum atomic E-state index is -3.63. The molecule has 1 atom stereocenters. The van der Waals surface area contributed by atoms with Crippen molar-refractivity contribution in [2.45, 2.75) is 12.8 Å². The second kappa shape index (κ2) is 4.13. The van der Waals surface area contributed by atoms with E-state index in [1.165, 1.54) is 0 Å². The van der Waals surface area contributed by atoms with E-state index in [2.05, 4.69) is 11.2 Å². The summed E-state index contributed by atoms with van der Waals surface area (Å²) in [5.74, 6) is 3.04. The maximum atomic E-state index is 10.4. The minimum absolute atomic E-state index is 0.482. The van der Waals surface area contributed by atoms with Crippen molar-refractivity contribution < 1.29 is 8.42 Å². The Bertz CT molecular complexity index is 295. The highest BCUT2D eigenvalue weighted by Crippen LogP contribution is 2.10. The molecule has 0 aromatic rings. The maximum absolute atomic E-state index is 10.4. The zero-order chi connectivity index (χ0) is 9.03. The zero-order valence-electron chi connectivity index (χ0n) is 6.51. The van der Waals surface area contributed by atoms with Crippen LogP contribution in [0.2, 0.25) is 0 Å². The van der Waals surface area contributed by atoms with Crippen LogP contribution in [0.3, 0.4) is 0 Å². The van der Waals surface area contributed by atoms with Crippen molar-refractivity contribution in [3.8, 4) is 11.2 Å². The summed E-state index contributed by atoms with van der Waals surface area (Å²) in [6, 6.07) is 0. The monoisotopic (exact) mass is 207 g/mol. The number of nitrogens with one attached hydrogen (secondary N) is 1. The first-order valence-electron chi connectivity index (χ1n) is 3.73. The molecule has 1 aliphatic rings. The molecule has 1 unspecified atom stereocenters. The van der Waals surface area contributed by atoms with Gasteiger partial charge in [0.15, 0.2) is 0 Å². The van der Waals surface area contributed by atoms with Gasteiger partial charge in [0.25, 0.3) is 0 Å². The average Bonchev–Trinajstić information content (AvgIpc) is 2.36. The first-order valence-corrected chi connectivity index (χ1v) is 6.04. The predicted octanol–water partition coefficient (Wildman–Crippen LogP) is 0.516. The van der Waals surface area contributed by atoms with Crippen molar-refractivity contribution in [2.75, 3.05) is 13.1 Å². The largest absolute Gasteiger partial charge is 0.316 e. The van der Waals surface area contributed by atoms with E-state index in [0.29, 0.717) is 12.3 Å². The van der Waals surface area contributed by atoms with Gasteiger partial charge in [-0.15, -0.1) is 0 Å². The summed E-state index contributed by atoms with van der Waals surface area (Å²) >= 11 is 0. The quantitative estimate of drug-likeness (QED) is 0.504. The van der Waals surface area contributed by atoms with Gasteiger partial charge in [0.05, 0.1) is 0 Å². The van der Waals surface area contributed by atoms with Crippen LogP contribution in [0.5, 0.6) is 0 Å². The summed E-state index contributed by atoms with van der Waals surface area (Å²) in [5, 5.41) is 5.18. The van der Waals surface area contributed by atoms with Gasteiger partial charge in [-0.2, -0.15) is 8.42 Å². The van der Waals surface area contributed by atoms with Gasteiger partial charge in [0, 0.05) is 22.4 Å². The van der Waals surface area contributed by atoms with Crippen LogP contribution >= 0.6 is 10.7 Å². The lowest BCUT2D eigenvalue weighted by atomic mass is 10.1. The lowest BCUT2D eigenvalue weighted by Crippen LogP contribution is -2.08. The maximum Gasteiger partial charge on any atom is 0.300 e. The van der Waals surface area contributed by atoms with Crippen molar-refractivity contribution in [3.05, 3.63) is 0 Å². The van der Waals surface area contributed by atoms with Crippen molar-refractivity contribution in [1.82, 2.24) is 5.32 Å². The molecule has 68 valence electrons. The zero-order valence-corrected chi connectivity index (χ0v) is 8.08. The molecule has 1 N–H and O–H groups in total. The van der Waals surface area contributed by atoms with E-state index in [1.807, 2.05) is 5.25 Å². The first kappa shape index (κ1) is 9.85. The van der Waals surface area contributed by atoms with Gasteiger partial charge in [0.1, 0.15) is 0 Å². The molecule has 1 saturated heterocycles. The van der Waals surface area contributed by atoms with Gasteiger partial charge < -0.3 is 5.32 Å². The first-order chi connectivity index (χ1) is 5.58. The number of hydrogen-bond acceptors (Lipinski definition) is 3. The molecule has 0 aliphatic carbocycles. The number of hydrogen-bond donors (Lipinski definition) is 1. The van der Waals surface area contributed by atoms with Crippen LogP contribution in [0.1, 0.15) is 12.8 Å². The van der Waals surface area contributed by atoms with Crippen molar-refractivity contribution in [1.29, 1.82) is 0 Å². The van der Waals surface area contributed by atoms with E-state index >= 15 is 0 Å². The molecule has 0 radical (unpaired) electrons. The Morgan fingerprint density at radius 1 is 1.58 bits per heavy atom. The Kier molecular flexibility index (Phi) is 3.39. The van der Waals surface area contributed by atoms with Crippen molar-refractivity contribution in [2.24, 2.45) is 5.92 Å². The Hall–Kier alpha value is -0.240.